The molecule has 1 aliphatic carbocycles. The average molecular weight is 404 g/mol. The maximum Gasteiger partial charge on any atom is 0.228 e. The topological polar surface area (TPSA) is 96.0 Å². The van der Waals surface area contributed by atoms with Crippen molar-refractivity contribution < 1.29 is 9.53 Å². The Balaban J connectivity index is 1.32. The molecule has 0 bridgehead atoms. The number of fused-ring (bicyclic) bond motifs is 1. The normalized spacial score (nSPS) is 24.6. The molecule has 1 unspecified atom stereocenters. The number of nitrogens with zero attached hydrogens (tertiary/aromatic N) is 4. The molecule has 154 valence electrons. The van der Waals surface area contributed by atoms with Gasteiger partial charge in [-0.25, -0.2) is 9.97 Å². The minimum absolute atomic E-state index is 0.0299. The molecule has 4 heterocycles. The minimum Gasteiger partial charge on any atom is -0.488 e. The highest BCUT2D eigenvalue weighted by Crippen LogP contribution is 2.41. The first-order chi connectivity index (χ1) is 14.5. The van der Waals surface area contributed by atoms with E-state index in [2.05, 4.69) is 37.3 Å². The molecule has 1 atom stereocenters. The second kappa shape index (κ2) is 6.17. The number of hydrogen-bond acceptors (Lipinski definition) is 6. The Kier molecular flexibility index (Phi) is 3.63. The number of benzene rings is 1. The number of H-pyrrole nitrogens is 1. The van der Waals surface area contributed by atoms with E-state index in [0.717, 1.165) is 72.6 Å². The summed E-state index contributed by atoms with van der Waals surface area (Å²) in [5, 5.41) is 11.6. The van der Waals surface area contributed by atoms with E-state index in [0.29, 0.717) is 6.54 Å². The van der Waals surface area contributed by atoms with Gasteiger partial charge in [-0.1, -0.05) is 0 Å². The molecule has 2 aliphatic heterocycles. The molecule has 1 aromatic carbocycles. The zero-order valence-electron chi connectivity index (χ0n) is 16.9. The van der Waals surface area contributed by atoms with Gasteiger partial charge in [-0.05, 0) is 50.8 Å². The molecule has 2 aromatic heterocycles. The molecular weight excluding hydrogens is 380 g/mol. The van der Waals surface area contributed by atoms with E-state index >= 15 is 0 Å². The third kappa shape index (κ3) is 2.81. The summed E-state index contributed by atoms with van der Waals surface area (Å²) in [6.45, 7) is 4.43. The van der Waals surface area contributed by atoms with Crippen molar-refractivity contribution in [1.29, 1.82) is 0 Å². The zero-order chi connectivity index (χ0) is 20.3. The highest BCUT2D eigenvalue weighted by molar-refractivity contribution is 5.93. The van der Waals surface area contributed by atoms with Gasteiger partial charge in [-0.2, -0.15) is 5.10 Å². The fourth-order valence-corrected chi connectivity index (χ4v) is 4.64. The van der Waals surface area contributed by atoms with Crippen LogP contribution in [0.5, 0.6) is 5.75 Å². The maximum atomic E-state index is 12.3. The van der Waals surface area contributed by atoms with Crippen molar-refractivity contribution in [1.82, 2.24) is 25.5 Å². The van der Waals surface area contributed by atoms with Crippen LogP contribution in [0.4, 0.5) is 5.82 Å². The Morgan fingerprint density at radius 2 is 2.03 bits per heavy atom. The van der Waals surface area contributed by atoms with Gasteiger partial charge in [0.05, 0.1) is 16.6 Å². The first-order valence-electron chi connectivity index (χ1n) is 10.6. The Morgan fingerprint density at radius 3 is 2.83 bits per heavy atom. The van der Waals surface area contributed by atoms with Crippen molar-refractivity contribution in [2.45, 2.75) is 38.2 Å². The predicted octanol–water partition coefficient (Wildman–Crippen LogP) is 2.67. The van der Waals surface area contributed by atoms with Crippen LogP contribution in [0.3, 0.4) is 0 Å². The summed E-state index contributed by atoms with van der Waals surface area (Å²) in [4.78, 5) is 23.5. The Labute approximate surface area is 174 Å². The number of anilines is 1. The number of carbonyl (C=O) groups is 1. The summed E-state index contributed by atoms with van der Waals surface area (Å²) < 4.78 is 6.13. The number of aromatic nitrogens is 4. The average Bonchev–Trinajstić information content (AvgIpc) is 3.13. The lowest BCUT2D eigenvalue weighted by molar-refractivity contribution is -0.126. The number of ether oxygens (including phenoxy) is 1. The van der Waals surface area contributed by atoms with Crippen molar-refractivity contribution in [3.05, 3.63) is 30.6 Å². The lowest BCUT2D eigenvalue weighted by Gasteiger charge is -2.21. The number of aromatic amines is 1. The summed E-state index contributed by atoms with van der Waals surface area (Å²) in [5.74, 6) is 1.87. The molecule has 2 N–H and O–H groups in total. The molecule has 8 heteroatoms. The number of hydrogen-bond donors (Lipinski definition) is 2. The zero-order valence-corrected chi connectivity index (χ0v) is 16.9. The Hall–Kier alpha value is -3.16. The minimum atomic E-state index is -0.269. The van der Waals surface area contributed by atoms with Crippen molar-refractivity contribution in [3.8, 4) is 17.1 Å². The van der Waals surface area contributed by atoms with E-state index in [9.17, 15) is 4.79 Å². The van der Waals surface area contributed by atoms with E-state index in [4.69, 9.17) is 4.74 Å². The molecular formula is C22H24N6O2. The number of nitrogens with one attached hydrogen (secondary N) is 2. The number of carbonyl (C=O) groups excluding carboxylic acids is 1. The molecule has 30 heavy (non-hydrogen) atoms. The lowest BCUT2D eigenvalue weighted by atomic mass is 9.86. The molecule has 0 radical (unpaired) electrons. The van der Waals surface area contributed by atoms with Crippen LogP contribution in [0.1, 0.15) is 32.6 Å². The highest BCUT2D eigenvalue weighted by Gasteiger charge is 2.47. The van der Waals surface area contributed by atoms with Crippen LogP contribution >= 0.6 is 0 Å². The number of rotatable bonds is 4. The lowest BCUT2D eigenvalue weighted by Crippen LogP contribution is -2.34. The van der Waals surface area contributed by atoms with Crippen LogP contribution in [0.2, 0.25) is 0 Å². The van der Waals surface area contributed by atoms with E-state index in [1.807, 2.05) is 24.3 Å². The molecule has 3 fully saturated rings. The SMILES string of the molecule is CC1(Oc2ccc3[nH]nc(-c4cc(N5CCC6(CCNC6=O)C5)ncn4)c3c2)CC1. The van der Waals surface area contributed by atoms with E-state index in [1.54, 1.807) is 6.33 Å². The van der Waals surface area contributed by atoms with Crippen LogP contribution in [0.25, 0.3) is 22.3 Å². The summed E-state index contributed by atoms with van der Waals surface area (Å²) in [7, 11) is 0. The second-order valence-corrected chi connectivity index (χ2v) is 9.05. The molecule has 1 saturated carbocycles. The van der Waals surface area contributed by atoms with E-state index in [1.165, 1.54) is 0 Å². The molecule has 3 aliphatic rings. The van der Waals surface area contributed by atoms with Crippen LogP contribution < -0.4 is 15.0 Å². The summed E-state index contributed by atoms with van der Waals surface area (Å²) in [6.07, 6.45) is 5.52. The smallest absolute Gasteiger partial charge is 0.228 e. The molecule has 8 nitrogen and oxygen atoms in total. The monoisotopic (exact) mass is 404 g/mol. The fraction of sp³-hybridized carbons (Fsp3) is 0.455. The first-order valence-corrected chi connectivity index (χ1v) is 10.6. The predicted molar refractivity (Wildman–Crippen MR) is 112 cm³/mol. The van der Waals surface area contributed by atoms with Gasteiger partial charge >= 0.3 is 0 Å². The van der Waals surface area contributed by atoms with Crippen molar-refractivity contribution in [2.75, 3.05) is 24.5 Å². The van der Waals surface area contributed by atoms with Crippen molar-refractivity contribution >= 4 is 22.6 Å². The van der Waals surface area contributed by atoms with Gasteiger partial charge in [-0.3, -0.25) is 9.89 Å². The maximum absolute atomic E-state index is 12.3. The Morgan fingerprint density at radius 1 is 1.13 bits per heavy atom. The van der Waals surface area contributed by atoms with Gasteiger partial charge < -0.3 is 15.0 Å². The molecule has 3 aromatic rings. The summed E-state index contributed by atoms with van der Waals surface area (Å²) in [5.41, 5.74) is 2.19. The molecule has 6 rings (SSSR count). The van der Waals surface area contributed by atoms with E-state index in [-0.39, 0.29) is 16.9 Å². The van der Waals surface area contributed by atoms with Crippen LogP contribution in [0, 0.1) is 5.41 Å². The van der Waals surface area contributed by atoms with E-state index < -0.39 is 0 Å². The quantitative estimate of drug-likeness (QED) is 0.694. The van der Waals surface area contributed by atoms with Crippen molar-refractivity contribution in [3.63, 3.8) is 0 Å². The van der Waals surface area contributed by atoms with Gasteiger partial charge in [0, 0.05) is 31.1 Å². The third-order valence-corrected chi connectivity index (χ3v) is 6.80. The van der Waals surface area contributed by atoms with Crippen molar-refractivity contribution in [2.24, 2.45) is 5.41 Å². The highest BCUT2D eigenvalue weighted by atomic mass is 16.5. The summed E-state index contributed by atoms with van der Waals surface area (Å²) in [6, 6.07) is 7.98. The molecule has 2 saturated heterocycles. The van der Waals surface area contributed by atoms with Gasteiger partial charge in [0.2, 0.25) is 5.91 Å². The van der Waals surface area contributed by atoms with Gasteiger partial charge in [0.15, 0.2) is 0 Å². The van der Waals surface area contributed by atoms with Gasteiger partial charge in [0.1, 0.15) is 29.2 Å². The Bertz CT molecular complexity index is 1150. The second-order valence-electron chi connectivity index (χ2n) is 9.05. The molecule has 1 amide bonds. The largest absolute Gasteiger partial charge is 0.488 e. The summed E-state index contributed by atoms with van der Waals surface area (Å²) >= 11 is 0. The standard InChI is InChI=1S/C22H24N6O2/c1-21(4-5-21)30-14-2-3-16-15(10-14)19(27-26-16)17-11-18(25-13-24-17)28-9-7-22(12-28)6-8-23-20(22)29/h2-3,10-11,13H,4-9,12H2,1H3,(H,23,29)(H,26,27). The third-order valence-electron chi connectivity index (χ3n) is 6.80. The van der Waals surface area contributed by atoms with Gasteiger partial charge in [0.25, 0.3) is 0 Å². The fourth-order valence-electron chi connectivity index (χ4n) is 4.64. The van der Waals surface area contributed by atoms with Gasteiger partial charge in [-0.15, -0.1) is 0 Å². The first kappa shape index (κ1) is 17.7. The number of amides is 1. The molecule has 1 spiro atoms. The van der Waals surface area contributed by atoms with Crippen LogP contribution in [-0.2, 0) is 4.79 Å². The van der Waals surface area contributed by atoms with Crippen LogP contribution in [-0.4, -0.2) is 51.3 Å². The van der Waals surface area contributed by atoms with Crippen LogP contribution in [0.15, 0.2) is 30.6 Å².